The van der Waals surface area contributed by atoms with Gasteiger partial charge in [0.05, 0.1) is 12.0 Å². The zero-order valence-electron chi connectivity index (χ0n) is 11.8. The smallest absolute Gasteiger partial charge is 0.224 e. The largest absolute Gasteiger partial charge is 0.349 e. The Morgan fingerprint density at radius 3 is 2.79 bits per heavy atom. The molecule has 106 valence electrons. The molecule has 1 aromatic carbocycles. The predicted octanol–water partition coefficient (Wildman–Crippen LogP) is 2.51. The van der Waals surface area contributed by atoms with Crippen LogP contribution in [-0.4, -0.2) is 19.0 Å². The Kier molecular flexibility index (Phi) is 5.83. The third-order valence-corrected chi connectivity index (χ3v) is 3.69. The Hall–Kier alpha value is -1.06. The monoisotopic (exact) mass is 282 g/mol. The van der Waals surface area contributed by atoms with E-state index < -0.39 is 0 Å². The van der Waals surface area contributed by atoms with Crippen LogP contribution in [0.2, 0.25) is 0 Å². The molecule has 1 aliphatic rings. The first-order valence-corrected chi connectivity index (χ1v) is 6.66. The van der Waals surface area contributed by atoms with Gasteiger partial charge in [-0.15, -0.1) is 12.4 Å². The highest BCUT2D eigenvalue weighted by Gasteiger charge is 2.23. The number of rotatable bonds is 3. The molecular weight excluding hydrogens is 260 g/mol. The van der Waals surface area contributed by atoms with Crippen LogP contribution in [0.4, 0.5) is 0 Å². The highest BCUT2D eigenvalue weighted by Crippen LogP contribution is 2.20. The van der Waals surface area contributed by atoms with Crippen molar-refractivity contribution >= 4 is 18.3 Å². The van der Waals surface area contributed by atoms with Crippen molar-refractivity contribution in [3.8, 4) is 0 Å². The molecule has 2 atom stereocenters. The van der Waals surface area contributed by atoms with Gasteiger partial charge in [-0.3, -0.25) is 4.79 Å². The molecule has 0 saturated carbocycles. The van der Waals surface area contributed by atoms with Gasteiger partial charge in [-0.1, -0.05) is 23.8 Å². The van der Waals surface area contributed by atoms with Crippen LogP contribution in [0.15, 0.2) is 18.2 Å². The van der Waals surface area contributed by atoms with Crippen molar-refractivity contribution in [3.05, 3.63) is 34.9 Å². The van der Waals surface area contributed by atoms with Crippen LogP contribution < -0.4 is 10.6 Å². The number of nitrogens with one attached hydrogen (secondary N) is 2. The summed E-state index contributed by atoms with van der Waals surface area (Å²) in [5.41, 5.74) is 3.69. The summed E-state index contributed by atoms with van der Waals surface area (Å²) in [4.78, 5) is 12.1. The molecule has 0 aromatic heterocycles. The maximum atomic E-state index is 12.1. The number of benzene rings is 1. The fraction of sp³-hybridized carbons (Fsp3) is 0.533. The number of carbonyl (C=O) groups excluding carboxylic acids is 1. The number of aryl methyl sites for hydroxylation is 2. The minimum absolute atomic E-state index is 0. The number of hydrogen-bond donors (Lipinski definition) is 2. The Balaban J connectivity index is 0.00000180. The Labute approximate surface area is 121 Å². The summed E-state index contributed by atoms with van der Waals surface area (Å²) < 4.78 is 0. The van der Waals surface area contributed by atoms with E-state index in [4.69, 9.17) is 0 Å². The molecule has 1 aromatic rings. The van der Waals surface area contributed by atoms with Crippen molar-refractivity contribution in [1.29, 1.82) is 0 Å². The zero-order valence-corrected chi connectivity index (χ0v) is 12.6. The second-order valence-corrected chi connectivity index (χ2v) is 5.28. The van der Waals surface area contributed by atoms with Crippen LogP contribution in [0, 0.1) is 19.8 Å². The average molecular weight is 283 g/mol. The molecule has 1 aliphatic heterocycles. The van der Waals surface area contributed by atoms with Crippen LogP contribution >= 0.6 is 12.4 Å². The predicted molar refractivity (Wildman–Crippen MR) is 80.7 cm³/mol. The third kappa shape index (κ3) is 3.95. The van der Waals surface area contributed by atoms with E-state index in [0.29, 0.717) is 0 Å². The Morgan fingerprint density at radius 2 is 2.16 bits per heavy atom. The molecule has 1 fully saturated rings. The topological polar surface area (TPSA) is 41.1 Å². The molecule has 1 heterocycles. The molecule has 1 saturated heterocycles. The standard InChI is InChI=1S/C15H22N2O.ClH/c1-10-4-5-11(2)14(8-10)12(3)17-15(18)13-6-7-16-9-13;/h4-5,8,12-13,16H,6-7,9H2,1-3H3,(H,17,18);1H. The second-order valence-electron chi connectivity index (χ2n) is 5.28. The van der Waals surface area contributed by atoms with E-state index in [1.807, 2.05) is 0 Å². The lowest BCUT2D eigenvalue weighted by Gasteiger charge is -2.19. The first-order valence-electron chi connectivity index (χ1n) is 6.66. The Morgan fingerprint density at radius 1 is 1.42 bits per heavy atom. The molecule has 2 N–H and O–H groups in total. The maximum absolute atomic E-state index is 12.1. The molecular formula is C15H23ClN2O. The fourth-order valence-electron chi connectivity index (χ4n) is 2.51. The molecule has 19 heavy (non-hydrogen) atoms. The van der Waals surface area contributed by atoms with Crippen molar-refractivity contribution in [2.45, 2.75) is 33.2 Å². The molecule has 0 spiro atoms. The van der Waals surface area contributed by atoms with Crippen molar-refractivity contribution in [1.82, 2.24) is 10.6 Å². The van der Waals surface area contributed by atoms with Crippen LogP contribution in [-0.2, 0) is 4.79 Å². The third-order valence-electron chi connectivity index (χ3n) is 3.69. The number of carbonyl (C=O) groups is 1. The van der Waals surface area contributed by atoms with Gasteiger partial charge < -0.3 is 10.6 Å². The van der Waals surface area contributed by atoms with Crippen LogP contribution in [0.3, 0.4) is 0 Å². The summed E-state index contributed by atoms with van der Waals surface area (Å²) in [6, 6.07) is 6.46. The van der Waals surface area contributed by atoms with E-state index in [9.17, 15) is 4.79 Å². The first kappa shape index (κ1) is 16.0. The lowest BCUT2D eigenvalue weighted by molar-refractivity contribution is -0.125. The first-order chi connectivity index (χ1) is 8.58. The lowest BCUT2D eigenvalue weighted by atomic mass is 9.99. The van der Waals surface area contributed by atoms with Crippen LogP contribution in [0.5, 0.6) is 0 Å². The van der Waals surface area contributed by atoms with Gasteiger partial charge in [0.2, 0.25) is 5.91 Å². The minimum Gasteiger partial charge on any atom is -0.349 e. The van der Waals surface area contributed by atoms with E-state index in [1.165, 1.54) is 16.7 Å². The van der Waals surface area contributed by atoms with Crippen LogP contribution in [0.1, 0.15) is 36.1 Å². The molecule has 1 amide bonds. The van der Waals surface area contributed by atoms with E-state index >= 15 is 0 Å². The van der Waals surface area contributed by atoms with E-state index in [2.05, 4.69) is 49.6 Å². The SMILES string of the molecule is Cc1ccc(C)c(C(C)NC(=O)C2CCNC2)c1.Cl. The van der Waals surface area contributed by atoms with Gasteiger partial charge in [0, 0.05) is 6.54 Å². The summed E-state index contributed by atoms with van der Waals surface area (Å²) in [7, 11) is 0. The number of amides is 1. The van der Waals surface area contributed by atoms with Gasteiger partial charge in [-0.05, 0) is 44.9 Å². The maximum Gasteiger partial charge on any atom is 0.224 e. The molecule has 0 aliphatic carbocycles. The van der Waals surface area contributed by atoms with Gasteiger partial charge in [-0.2, -0.15) is 0 Å². The quantitative estimate of drug-likeness (QED) is 0.894. The molecule has 4 heteroatoms. The molecule has 0 radical (unpaired) electrons. The molecule has 2 unspecified atom stereocenters. The summed E-state index contributed by atoms with van der Waals surface area (Å²) in [6.07, 6.45) is 0.950. The van der Waals surface area contributed by atoms with Gasteiger partial charge in [-0.25, -0.2) is 0 Å². The van der Waals surface area contributed by atoms with E-state index in [-0.39, 0.29) is 30.3 Å². The summed E-state index contributed by atoms with van der Waals surface area (Å²) in [5, 5.41) is 6.35. The normalized spacial score (nSPS) is 19.6. The summed E-state index contributed by atoms with van der Waals surface area (Å²) in [6.45, 7) is 8.00. The Bertz CT molecular complexity index is 442. The highest BCUT2D eigenvalue weighted by atomic mass is 35.5. The minimum atomic E-state index is 0. The van der Waals surface area contributed by atoms with Crippen molar-refractivity contribution in [2.75, 3.05) is 13.1 Å². The fourth-order valence-corrected chi connectivity index (χ4v) is 2.51. The molecule has 2 rings (SSSR count). The van der Waals surface area contributed by atoms with Crippen molar-refractivity contribution in [3.63, 3.8) is 0 Å². The van der Waals surface area contributed by atoms with Crippen molar-refractivity contribution in [2.24, 2.45) is 5.92 Å². The lowest BCUT2D eigenvalue weighted by Crippen LogP contribution is -2.34. The van der Waals surface area contributed by atoms with Gasteiger partial charge >= 0.3 is 0 Å². The highest BCUT2D eigenvalue weighted by molar-refractivity contribution is 5.85. The van der Waals surface area contributed by atoms with E-state index in [0.717, 1.165) is 19.5 Å². The zero-order chi connectivity index (χ0) is 13.1. The summed E-state index contributed by atoms with van der Waals surface area (Å²) in [5.74, 6) is 0.311. The van der Waals surface area contributed by atoms with Crippen LogP contribution in [0.25, 0.3) is 0 Å². The second kappa shape index (κ2) is 6.92. The summed E-state index contributed by atoms with van der Waals surface area (Å²) >= 11 is 0. The van der Waals surface area contributed by atoms with Crippen molar-refractivity contribution < 1.29 is 4.79 Å². The van der Waals surface area contributed by atoms with Gasteiger partial charge in [0.1, 0.15) is 0 Å². The number of hydrogen-bond acceptors (Lipinski definition) is 2. The van der Waals surface area contributed by atoms with Gasteiger partial charge in [0.25, 0.3) is 0 Å². The average Bonchev–Trinajstić information content (AvgIpc) is 2.85. The van der Waals surface area contributed by atoms with E-state index in [1.54, 1.807) is 0 Å². The number of halogens is 1. The van der Waals surface area contributed by atoms with Gasteiger partial charge in [0.15, 0.2) is 0 Å². The molecule has 0 bridgehead atoms. The molecule has 3 nitrogen and oxygen atoms in total.